The summed E-state index contributed by atoms with van der Waals surface area (Å²) < 4.78 is 11.1. The smallest absolute Gasteiger partial charge is 0.410 e. The van der Waals surface area contributed by atoms with Crippen LogP contribution in [0.3, 0.4) is 0 Å². The zero-order valence-corrected chi connectivity index (χ0v) is 21.0. The lowest BCUT2D eigenvalue weighted by molar-refractivity contribution is 0.0249. The maximum atomic E-state index is 12.8. The second kappa shape index (κ2) is 11.9. The molecule has 6 heteroatoms. The monoisotopic (exact) mass is 466 g/mol. The Morgan fingerprint density at radius 2 is 1.85 bits per heavy atom. The number of Topliss-reactive ketones (excluding diaryl/α,β-unsaturated/α-hetero) is 1. The zero-order valence-electron chi connectivity index (χ0n) is 21.0. The molecule has 184 valence electrons. The Labute approximate surface area is 203 Å². The van der Waals surface area contributed by atoms with E-state index >= 15 is 0 Å². The van der Waals surface area contributed by atoms with Gasteiger partial charge in [-0.25, -0.2) is 4.79 Å². The Bertz CT molecular complexity index is 981. The van der Waals surface area contributed by atoms with Gasteiger partial charge in [0.05, 0.1) is 7.11 Å². The number of carbonyl (C=O) groups excluding carboxylic acids is 2. The van der Waals surface area contributed by atoms with E-state index in [1.54, 1.807) is 12.0 Å². The van der Waals surface area contributed by atoms with Gasteiger partial charge in [-0.05, 0) is 88.3 Å². The van der Waals surface area contributed by atoms with E-state index < -0.39 is 5.60 Å². The number of nitrogens with one attached hydrogen (secondary N) is 1. The number of methoxy groups -OCH3 is 1. The van der Waals surface area contributed by atoms with Gasteiger partial charge in [-0.3, -0.25) is 4.79 Å². The van der Waals surface area contributed by atoms with Gasteiger partial charge in [0.15, 0.2) is 5.78 Å². The average molecular weight is 467 g/mol. The summed E-state index contributed by atoms with van der Waals surface area (Å²) in [5.74, 6) is 0.976. The number of anilines is 1. The van der Waals surface area contributed by atoms with Crippen LogP contribution in [0.4, 0.5) is 10.5 Å². The number of ether oxygens (including phenoxy) is 2. The van der Waals surface area contributed by atoms with E-state index in [2.05, 4.69) is 5.32 Å². The van der Waals surface area contributed by atoms with E-state index in [9.17, 15) is 9.59 Å². The molecule has 3 rings (SSSR count). The van der Waals surface area contributed by atoms with Crippen LogP contribution in [-0.4, -0.2) is 49.1 Å². The number of aryl methyl sites for hydroxylation is 1. The summed E-state index contributed by atoms with van der Waals surface area (Å²) in [7, 11) is 1.65. The minimum absolute atomic E-state index is 0.159. The van der Waals surface area contributed by atoms with Crippen LogP contribution < -0.4 is 10.1 Å². The quantitative estimate of drug-likeness (QED) is 0.349. The number of rotatable bonds is 10. The maximum absolute atomic E-state index is 12.8. The molecule has 1 aliphatic heterocycles. The highest BCUT2D eigenvalue weighted by molar-refractivity contribution is 5.96. The van der Waals surface area contributed by atoms with Crippen molar-refractivity contribution in [2.75, 3.05) is 32.1 Å². The fourth-order valence-corrected chi connectivity index (χ4v) is 4.17. The first-order chi connectivity index (χ1) is 16.3. The Balaban J connectivity index is 1.54. The molecule has 0 atom stereocenters. The summed E-state index contributed by atoms with van der Waals surface area (Å²) in [5, 5.41) is 3.38. The SMILES string of the molecule is COc1ccccc1CCN(CCCCC(=O)c1ccc2c(c1)CCCN2)C(=O)OC(C)(C)C. The van der Waals surface area contributed by atoms with Crippen LogP contribution >= 0.6 is 0 Å². The predicted molar refractivity (Wildman–Crippen MR) is 136 cm³/mol. The van der Waals surface area contributed by atoms with Gasteiger partial charge >= 0.3 is 6.09 Å². The molecule has 1 amide bonds. The number of carbonyl (C=O) groups is 2. The number of amides is 1. The molecule has 0 radical (unpaired) electrons. The minimum Gasteiger partial charge on any atom is -0.496 e. The van der Waals surface area contributed by atoms with Crippen molar-refractivity contribution in [1.29, 1.82) is 0 Å². The predicted octanol–water partition coefficient (Wildman–Crippen LogP) is 5.89. The third-order valence-corrected chi connectivity index (χ3v) is 5.94. The molecule has 0 saturated carbocycles. The van der Waals surface area contributed by atoms with Gasteiger partial charge in [-0.2, -0.15) is 0 Å². The van der Waals surface area contributed by atoms with E-state index in [-0.39, 0.29) is 11.9 Å². The lowest BCUT2D eigenvalue weighted by Gasteiger charge is -2.27. The fourth-order valence-electron chi connectivity index (χ4n) is 4.17. The van der Waals surface area contributed by atoms with Crippen molar-refractivity contribution in [3.05, 3.63) is 59.2 Å². The van der Waals surface area contributed by atoms with Crippen LogP contribution in [-0.2, 0) is 17.6 Å². The van der Waals surface area contributed by atoms with Gasteiger partial charge in [-0.1, -0.05) is 18.2 Å². The molecule has 1 aliphatic rings. The highest BCUT2D eigenvalue weighted by Crippen LogP contribution is 2.24. The number of fused-ring (bicyclic) bond motifs is 1. The molecule has 0 fully saturated rings. The minimum atomic E-state index is -0.558. The number of benzene rings is 2. The first kappa shape index (κ1) is 25.6. The van der Waals surface area contributed by atoms with Crippen molar-refractivity contribution in [3.63, 3.8) is 0 Å². The third kappa shape index (κ3) is 7.51. The van der Waals surface area contributed by atoms with Gasteiger partial charge in [0, 0.05) is 37.3 Å². The maximum Gasteiger partial charge on any atom is 0.410 e. The summed E-state index contributed by atoms with van der Waals surface area (Å²) in [6.07, 6.45) is 4.40. The van der Waals surface area contributed by atoms with Crippen LogP contribution in [0.1, 0.15) is 67.9 Å². The molecule has 1 heterocycles. The van der Waals surface area contributed by atoms with Gasteiger partial charge < -0.3 is 19.7 Å². The summed E-state index contributed by atoms with van der Waals surface area (Å²) in [5.41, 5.74) is 3.64. The summed E-state index contributed by atoms with van der Waals surface area (Å²) in [6.45, 7) is 7.68. The third-order valence-electron chi connectivity index (χ3n) is 5.94. The number of para-hydroxylation sites is 1. The van der Waals surface area contributed by atoms with E-state index in [1.165, 1.54) is 5.56 Å². The van der Waals surface area contributed by atoms with Crippen LogP contribution in [0.5, 0.6) is 5.75 Å². The van der Waals surface area contributed by atoms with Crippen LogP contribution in [0.25, 0.3) is 0 Å². The lowest BCUT2D eigenvalue weighted by atomic mass is 9.97. The van der Waals surface area contributed by atoms with Crippen LogP contribution in [0.2, 0.25) is 0 Å². The molecule has 2 aromatic carbocycles. The molecule has 0 aromatic heterocycles. The second-order valence-corrected chi connectivity index (χ2v) is 9.81. The highest BCUT2D eigenvalue weighted by Gasteiger charge is 2.22. The average Bonchev–Trinajstić information content (AvgIpc) is 2.82. The number of ketones is 1. The summed E-state index contributed by atoms with van der Waals surface area (Å²) in [4.78, 5) is 27.3. The van der Waals surface area contributed by atoms with Gasteiger partial charge in [0.1, 0.15) is 11.4 Å². The van der Waals surface area contributed by atoms with Crippen molar-refractivity contribution >= 4 is 17.6 Å². The molecule has 0 spiro atoms. The zero-order chi connectivity index (χ0) is 24.6. The Morgan fingerprint density at radius 3 is 2.62 bits per heavy atom. The number of hydrogen-bond acceptors (Lipinski definition) is 5. The second-order valence-electron chi connectivity index (χ2n) is 9.81. The fraction of sp³-hybridized carbons (Fsp3) is 0.500. The van der Waals surface area contributed by atoms with Crippen molar-refractivity contribution < 1.29 is 19.1 Å². The molecule has 2 aromatic rings. The Morgan fingerprint density at radius 1 is 1.06 bits per heavy atom. The van der Waals surface area contributed by atoms with E-state index in [0.717, 1.165) is 54.8 Å². The van der Waals surface area contributed by atoms with Gasteiger partial charge in [0.2, 0.25) is 0 Å². The van der Waals surface area contributed by atoms with Crippen molar-refractivity contribution in [3.8, 4) is 5.75 Å². The first-order valence-corrected chi connectivity index (χ1v) is 12.3. The number of hydrogen-bond donors (Lipinski definition) is 1. The standard InChI is InChI=1S/C28H38N2O4/c1-28(2,3)34-27(32)30(19-16-21-10-5-6-13-26(21)33-4)18-8-7-12-25(31)23-14-15-24-22(20-23)11-9-17-29-24/h5-6,10,13-15,20,29H,7-9,11-12,16-19H2,1-4H3. The molecule has 0 bridgehead atoms. The topological polar surface area (TPSA) is 67.9 Å². The highest BCUT2D eigenvalue weighted by atomic mass is 16.6. The van der Waals surface area contributed by atoms with Crippen molar-refractivity contribution in [2.24, 2.45) is 0 Å². The van der Waals surface area contributed by atoms with Crippen molar-refractivity contribution in [2.45, 2.75) is 64.9 Å². The van der Waals surface area contributed by atoms with E-state index in [1.807, 2.05) is 63.2 Å². The van der Waals surface area contributed by atoms with Crippen LogP contribution in [0, 0.1) is 0 Å². The van der Waals surface area contributed by atoms with Crippen LogP contribution in [0.15, 0.2) is 42.5 Å². The Kier molecular flexibility index (Phi) is 8.97. The summed E-state index contributed by atoms with van der Waals surface area (Å²) in [6, 6.07) is 13.8. The van der Waals surface area contributed by atoms with Crippen molar-refractivity contribution in [1.82, 2.24) is 4.90 Å². The molecule has 6 nitrogen and oxygen atoms in total. The molecule has 34 heavy (non-hydrogen) atoms. The van der Waals surface area contributed by atoms with E-state index in [4.69, 9.17) is 9.47 Å². The molecule has 0 saturated heterocycles. The molecule has 0 unspecified atom stereocenters. The van der Waals surface area contributed by atoms with Gasteiger partial charge in [0.25, 0.3) is 0 Å². The normalized spacial score (nSPS) is 12.9. The molecular weight excluding hydrogens is 428 g/mol. The summed E-state index contributed by atoms with van der Waals surface area (Å²) >= 11 is 0. The number of nitrogens with zero attached hydrogens (tertiary/aromatic N) is 1. The molecule has 1 N–H and O–H groups in total. The largest absolute Gasteiger partial charge is 0.496 e. The lowest BCUT2D eigenvalue weighted by Crippen LogP contribution is -2.38. The molecular formula is C28H38N2O4. The first-order valence-electron chi connectivity index (χ1n) is 12.3. The molecule has 0 aliphatic carbocycles. The van der Waals surface area contributed by atoms with E-state index in [0.29, 0.717) is 25.9 Å². The van der Waals surface area contributed by atoms with Gasteiger partial charge in [-0.15, -0.1) is 0 Å². The number of unbranched alkanes of at least 4 members (excludes halogenated alkanes) is 1. The Hall–Kier alpha value is -3.02.